The van der Waals surface area contributed by atoms with Gasteiger partial charge in [-0.15, -0.1) is 0 Å². The Bertz CT molecular complexity index is 505. The summed E-state index contributed by atoms with van der Waals surface area (Å²) in [6, 6.07) is 6.53. The van der Waals surface area contributed by atoms with E-state index in [0.29, 0.717) is 17.1 Å². The van der Waals surface area contributed by atoms with Crippen molar-refractivity contribution in [2.45, 2.75) is 19.9 Å². The first kappa shape index (κ1) is 12.2. The van der Waals surface area contributed by atoms with Crippen molar-refractivity contribution in [3.05, 3.63) is 23.8 Å². The number of nitriles is 1. The monoisotopic (exact) mass is 246 g/mol. The minimum absolute atomic E-state index is 0.0629. The van der Waals surface area contributed by atoms with Crippen molar-refractivity contribution in [3.63, 3.8) is 0 Å². The van der Waals surface area contributed by atoms with Crippen LogP contribution in [-0.2, 0) is 0 Å². The average Bonchev–Trinajstić information content (AvgIpc) is 2.82. The minimum atomic E-state index is -0.497. The van der Waals surface area contributed by atoms with Gasteiger partial charge in [-0.05, 0) is 24.1 Å². The predicted molar refractivity (Wildman–Crippen MR) is 64.3 cm³/mol. The molecule has 1 N–H and O–H groups in total. The van der Waals surface area contributed by atoms with Crippen molar-refractivity contribution in [1.29, 1.82) is 5.26 Å². The number of carbonyl (C=O) groups is 1. The van der Waals surface area contributed by atoms with E-state index in [1.54, 1.807) is 18.2 Å². The summed E-state index contributed by atoms with van der Waals surface area (Å²) in [4.78, 5) is 12.0. The lowest BCUT2D eigenvalue weighted by Crippen LogP contribution is -2.37. The van der Waals surface area contributed by atoms with Crippen molar-refractivity contribution >= 4 is 5.91 Å². The first-order valence-corrected chi connectivity index (χ1v) is 5.72. The van der Waals surface area contributed by atoms with Crippen LogP contribution in [0.3, 0.4) is 0 Å². The molecule has 0 saturated carbocycles. The molecule has 1 aromatic carbocycles. The van der Waals surface area contributed by atoms with Gasteiger partial charge in [-0.3, -0.25) is 4.79 Å². The van der Waals surface area contributed by atoms with E-state index in [9.17, 15) is 4.79 Å². The number of ether oxygens (including phenoxy) is 2. The highest BCUT2D eigenvalue weighted by molar-refractivity contribution is 5.95. The van der Waals surface area contributed by atoms with Crippen LogP contribution in [0.2, 0.25) is 0 Å². The zero-order chi connectivity index (χ0) is 13.1. The highest BCUT2D eigenvalue weighted by Crippen LogP contribution is 2.32. The van der Waals surface area contributed by atoms with E-state index in [0.717, 1.165) is 0 Å². The van der Waals surface area contributed by atoms with Gasteiger partial charge in [0.1, 0.15) is 6.04 Å². The molecule has 5 nitrogen and oxygen atoms in total. The molecular formula is C13H14N2O3. The van der Waals surface area contributed by atoms with E-state index in [-0.39, 0.29) is 18.6 Å². The lowest BCUT2D eigenvalue weighted by atomic mass is 10.1. The topological polar surface area (TPSA) is 71.4 Å². The molecule has 0 aliphatic carbocycles. The largest absolute Gasteiger partial charge is 0.454 e. The molecule has 0 aromatic heterocycles. The summed E-state index contributed by atoms with van der Waals surface area (Å²) in [7, 11) is 0. The quantitative estimate of drug-likeness (QED) is 0.881. The van der Waals surface area contributed by atoms with Crippen LogP contribution in [0.1, 0.15) is 24.2 Å². The highest BCUT2D eigenvalue weighted by atomic mass is 16.7. The van der Waals surface area contributed by atoms with E-state index in [1.165, 1.54) is 0 Å². The van der Waals surface area contributed by atoms with E-state index < -0.39 is 6.04 Å². The first-order valence-electron chi connectivity index (χ1n) is 5.72. The average molecular weight is 246 g/mol. The van der Waals surface area contributed by atoms with Gasteiger partial charge in [0, 0.05) is 5.56 Å². The molecule has 5 heteroatoms. The summed E-state index contributed by atoms with van der Waals surface area (Å²) in [5.74, 6) is 0.967. The van der Waals surface area contributed by atoms with Gasteiger partial charge >= 0.3 is 0 Å². The Morgan fingerprint density at radius 2 is 2.11 bits per heavy atom. The third kappa shape index (κ3) is 2.38. The molecule has 2 rings (SSSR count). The van der Waals surface area contributed by atoms with E-state index in [4.69, 9.17) is 14.7 Å². The Labute approximate surface area is 105 Å². The van der Waals surface area contributed by atoms with Gasteiger partial charge < -0.3 is 14.8 Å². The lowest BCUT2D eigenvalue weighted by molar-refractivity contribution is 0.0937. The second kappa shape index (κ2) is 4.96. The summed E-state index contributed by atoms with van der Waals surface area (Å²) < 4.78 is 10.4. The molecule has 94 valence electrons. The Morgan fingerprint density at radius 1 is 1.39 bits per heavy atom. The number of rotatable bonds is 3. The molecule has 1 aliphatic rings. The number of carbonyl (C=O) groups excluding carboxylic acids is 1. The Kier molecular flexibility index (Phi) is 3.38. The maximum atomic E-state index is 12.0. The number of hydrogen-bond donors (Lipinski definition) is 1. The van der Waals surface area contributed by atoms with Crippen LogP contribution < -0.4 is 14.8 Å². The van der Waals surface area contributed by atoms with Crippen LogP contribution in [0.15, 0.2) is 18.2 Å². The number of hydrogen-bond acceptors (Lipinski definition) is 4. The first-order chi connectivity index (χ1) is 8.61. The van der Waals surface area contributed by atoms with Crippen molar-refractivity contribution < 1.29 is 14.3 Å². The highest BCUT2D eigenvalue weighted by Gasteiger charge is 2.19. The standard InChI is InChI=1S/C13H14N2O3/c1-8(2)10(6-14)15-13(16)9-3-4-11-12(5-9)18-7-17-11/h3-5,8,10H,7H2,1-2H3,(H,15,16)/t10-/m0/s1. The number of nitrogens with zero attached hydrogens (tertiary/aromatic N) is 1. The fourth-order valence-corrected chi connectivity index (χ4v) is 1.61. The molecule has 0 fully saturated rings. The van der Waals surface area contributed by atoms with E-state index >= 15 is 0 Å². The molecule has 0 radical (unpaired) electrons. The number of benzene rings is 1. The Hall–Kier alpha value is -2.22. The van der Waals surface area contributed by atoms with Gasteiger partial charge in [-0.25, -0.2) is 0 Å². The van der Waals surface area contributed by atoms with E-state index in [2.05, 4.69) is 11.4 Å². The van der Waals surface area contributed by atoms with Crippen LogP contribution in [0, 0.1) is 17.2 Å². The second-order valence-electron chi connectivity index (χ2n) is 4.39. The fraction of sp³-hybridized carbons (Fsp3) is 0.385. The number of amides is 1. The maximum Gasteiger partial charge on any atom is 0.252 e. The Balaban J connectivity index is 2.12. The van der Waals surface area contributed by atoms with Gasteiger partial charge in [0.05, 0.1) is 6.07 Å². The van der Waals surface area contributed by atoms with Gasteiger partial charge in [-0.1, -0.05) is 13.8 Å². The van der Waals surface area contributed by atoms with Gasteiger partial charge in [0.15, 0.2) is 11.5 Å². The predicted octanol–water partition coefficient (Wildman–Crippen LogP) is 1.69. The minimum Gasteiger partial charge on any atom is -0.454 e. The third-order valence-corrected chi connectivity index (χ3v) is 2.73. The zero-order valence-corrected chi connectivity index (χ0v) is 10.3. The van der Waals surface area contributed by atoms with Crippen LogP contribution >= 0.6 is 0 Å². The fourth-order valence-electron chi connectivity index (χ4n) is 1.61. The number of fused-ring (bicyclic) bond motifs is 1. The van der Waals surface area contributed by atoms with Gasteiger partial charge in [-0.2, -0.15) is 5.26 Å². The molecule has 1 atom stereocenters. The molecule has 0 unspecified atom stereocenters. The summed E-state index contributed by atoms with van der Waals surface area (Å²) in [6.45, 7) is 3.94. The SMILES string of the molecule is CC(C)[C@H](C#N)NC(=O)c1ccc2c(c1)OCO2. The zero-order valence-electron chi connectivity index (χ0n) is 10.3. The normalized spacial score (nSPS) is 14.1. The smallest absolute Gasteiger partial charge is 0.252 e. The molecule has 1 aromatic rings. The molecule has 0 spiro atoms. The second-order valence-corrected chi connectivity index (χ2v) is 4.39. The molecular weight excluding hydrogens is 232 g/mol. The molecule has 0 saturated heterocycles. The third-order valence-electron chi connectivity index (χ3n) is 2.73. The summed E-state index contributed by atoms with van der Waals surface area (Å²) in [5.41, 5.74) is 0.458. The van der Waals surface area contributed by atoms with Gasteiger partial charge in [0.25, 0.3) is 5.91 Å². The molecule has 18 heavy (non-hydrogen) atoms. The van der Waals surface area contributed by atoms with Gasteiger partial charge in [0.2, 0.25) is 6.79 Å². The number of nitrogens with one attached hydrogen (secondary N) is 1. The van der Waals surface area contributed by atoms with Crippen LogP contribution in [0.25, 0.3) is 0 Å². The van der Waals surface area contributed by atoms with Crippen LogP contribution in [0.5, 0.6) is 11.5 Å². The summed E-state index contributed by atoms with van der Waals surface area (Å²) in [5, 5.41) is 11.6. The van der Waals surface area contributed by atoms with E-state index in [1.807, 2.05) is 13.8 Å². The van der Waals surface area contributed by atoms with Crippen molar-refractivity contribution in [2.75, 3.05) is 6.79 Å². The Morgan fingerprint density at radius 3 is 2.78 bits per heavy atom. The van der Waals surface area contributed by atoms with Crippen molar-refractivity contribution in [1.82, 2.24) is 5.32 Å². The maximum absolute atomic E-state index is 12.0. The lowest BCUT2D eigenvalue weighted by Gasteiger charge is -2.14. The molecule has 1 aliphatic heterocycles. The van der Waals surface area contributed by atoms with Crippen LogP contribution in [0.4, 0.5) is 0 Å². The van der Waals surface area contributed by atoms with Crippen molar-refractivity contribution in [3.8, 4) is 17.6 Å². The van der Waals surface area contributed by atoms with Crippen molar-refractivity contribution in [2.24, 2.45) is 5.92 Å². The molecule has 1 heterocycles. The summed E-state index contributed by atoms with van der Waals surface area (Å²) in [6.07, 6.45) is 0. The van der Waals surface area contributed by atoms with Crippen LogP contribution in [-0.4, -0.2) is 18.7 Å². The summed E-state index contributed by atoms with van der Waals surface area (Å²) >= 11 is 0. The molecule has 0 bridgehead atoms. The molecule has 1 amide bonds.